The van der Waals surface area contributed by atoms with E-state index in [-0.39, 0.29) is 36.8 Å². The van der Waals surface area contributed by atoms with Gasteiger partial charge in [-0.3, -0.25) is 14.6 Å². The number of nitrogens with zero attached hydrogens (tertiary/aromatic N) is 1. The predicted octanol–water partition coefficient (Wildman–Crippen LogP) is 0.689. The van der Waals surface area contributed by atoms with E-state index in [4.69, 9.17) is 4.74 Å². The molecule has 1 saturated carbocycles. The summed E-state index contributed by atoms with van der Waals surface area (Å²) in [5.74, 6) is -0.0361. The number of aromatic nitrogens is 1. The first-order valence-corrected chi connectivity index (χ1v) is 9.06. The van der Waals surface area contributed by atoms with E-state index in [1.54, 1.807) is 18.5 Å². The van der Waals surface area contributed by atoms with Crippen molar-refractivity contribution in [3.63, 3.8) is 0 Å². The Bertz CT molecular complexity index is 645. The quantitative estimate of drug-likeness (QED) is 0.622. The van der Waals surface area contributed by atoms with E-state index in [9.17, 15) is 14.7 Å². The first-order valence-electron chi connectivity index (χ1n) is 9.06. The second-order valence-electron chi connectivity index (χ2n) is 6.78. The second-order valence-corrected chi connectivity index (χ2v) is 6.78. The zero-order valence-corrected chi connectivity index (χ0v) is 14.6. The SMILES string of the molecule is O=C(C[C@@H]1C=C[C@@H](NC(=O)C2CCC2)[C@H](CO)O1)NCc1ccncc1. The molecule has 1 aliphatic carbocycles. The van der Waals surface area contributed by atoms with Crippen LogP contribution in [-0.4, -0.2) is 46.8 Å². The summed E-state index contributed by atoms with van der Waals surface area (Å²) in [5.41, 5.74) is 0.973. The van der Waals surface area contributed by atoms with Crippen LogP contribution in [0.5, 0.6) is 0 Å². The molecule has 2 amide bonds. The van der Waals surface area contributed by atoms with Crippen molar-refractivity contribution in [2.45, 2.75) is 50.5 Å². The molecule has 1 aromatic rings. The molecule has 0 aromatic carbocycles. The minimum atomic E-state index is -0.540. The number of hydrogen-bond acceptors (Lipinski definition) is 5. The van der Waals surface area contributed by atoms with Crippen LogP contribution in [0.25, 0.3) is 0 Å². The van der Waals surface area contributed by atoms with E-state index in [0.29, 0.717) is 6.54 Å². The van der Waals surface area contributed by atoms with Gasteiger partial charge in [0.15, 0.2) is 0 Å². The Morgan fingerprint density at radius 1 is 1.23 bits per heavy atom. The van der Waals surface area contributed by atoms with E-state index in [1.165, 1.54) is 0 Å². The van der Waals surface area contributed by atoms with Gasteiger partial charge in [-0.15, -0.1) is 0 Å². The Kier molecular flexibility index (Phi) is 6.35. The highest BCUT2D eigenvalue weighted by atomic mass is 16.5. The molecule has 140 valence electrons. The van der Waals surface area contributed by atoms with Crippen LogP contribution in [0.4, 0.5) is 0 Å². The van der Waals surface area contributed by atoms with E-state index >= 15 is 0 Å². The van der Waals surface area contributed by atoms with Crippen molar-refractivity contribution in [3.05, 3.63) is 42.2 Å². The molecule has 0 spiro atoms. The zero-order valence-electron chi connectivity index (χ0n) is 14.6. The van der Waals surface area contributed by atoms with Gasteiger partial charge in [-0.1, -0.05) is 18.6 Å². The van der Waals surface area contributed by atoms with Crippen molar-refractivity contribution in [3.8, 4) is 0 Å². The molecule has 7 nitrogen and oxygen atoms in total. The van der Waals surface area contributed by atoms with Gasteiger partial charge < -0.3 is 20.5 Å². The Morgan fingerprint density at radius 2 is 2.00 bits per heavy atom. The lowest BCUT2D eigenvalue weighted by molar-refractivity contribution is -0.132. The minimum Gasteiger partial charge on any atom is -0.394 e. The molecule has 2 heterocycles. The second kappa shape index (κ2) is 8.91. The van der Waals surface area contributed by atoms with Gasteiger partial charge in [0.1, 0.15) is 6.10 Å². The maximum atomic E-state index is 12.1. The fourth-order valence-corrected chi connectivity index (χ4v) is 3.04. The molecule has 0 bridgehead atoms. The number of pyridine rings is 1. The van der Waals surface area contributed by atoms with Crippen LogP contribution < -0.4 is 10.6 Å². The Labute approximate surface area is 152 Å². The van der Waals surface area contributed by atoms with E-state index in [2.05, 4.69) is 15.6 Å². The third-order valence-corrected chi connectivity index (χ3v) is 4.87. The molecule has 1 fully saturated rings. The van der Waals surface area contributed by atoms with Crippen molar-refractivity contribution < 1.29 is 19.4 Å². The molecule has 3 atom stereocenters. The maximum Gasteiger partial charge on any atom is 0.223 e. The fourth-order valence-electron chi connectivity index (χ4n) is 3.04. The summed E-state index contributed by atoms with van der Waals surface area (Å²) in [6, 6.07) is 3.33. The van der Waals surface area contributed by atoms with Gasteiger partial charge in [0, 0.05) is 24.9 Å². The van der Waals surface area contributed by atoms with E-state index in [1.807, 2.05) is 18.2 Å². The lowest BCUT2D eigenvalue weighted by Gasteiger charge is -2.33. The molecule has 0 saturated heterocycles. The highest BCUT2D eigenvalue weighted by Crippen LogP contribution is 2.27. The minimum absolute atomic E-state index is 0.0153. The molecule has 1 aliphatic heterocycles. The van der Waals surface area contributed by atoms with Gasteiger partial charge in [0.25, 0.3) is 0 Å². The maximum absolute atomic E-state index is 12.1. The third-order valence-electron chi connectivity index (χ3n) is 4.87. The fraction of sp³-hybridized carbons (Fsp3) is 0.526. The van der Waals surface area contributed by atoms with Gasteiger partial charge >= 0.3 is 0 Å². The topological polar surface area (TPSA) is 101 Å². The highest BCUT2D eigenvalue weighted by molar-refractivity contribution is 5.80. The largest absolute Gasteiger partial charge is 0.394 e. The molecule has 2 aliphatic rings. The number of aliphatic hydroxyl groups is 1. The summed E-state index contributed by atoms with van der Waals surface area (Å²) in [4.78, 5) is 28.1. The summed E-state index contributed by atoms with van der Waals surface area (Å²) in [6.07, 6.45) is 9.11. The molecule has 0 unspecified atom stereocenters. The summed E-state index contributed by atoms with van der Waals surface area (Å²) >= 11 is 0. The first-order chi connectivity index (χ1) is 12.7. The van der Waals surface area contributed by atoms with E-state index < -0.39 is 12.2 Å². The predicted molar refractivity (Wildman–Crippen MR) is 94.9 cm³/mol. The number of hydrogen-bond donors (Lipinski definition) is 3. The van der Waals surface area contributed by atoms with Gasteiger partial charge in [0.05, 0.1) is 25.2 Å². The monoisotopic (exact) mass is 359 g/mol. The Hall–Kier alpha value is -2.25. The van der Waals surface area contributed by atoms with Crippen molar-refractivity contribution >= 4 is 11.8 Å². The number of amides is 2. The van der Waals surface area contributed by atoms with Crippen LogP contribution >= 0.6 is 0 Å². The summed E-state index contributed by atoms with van der Waals surface area (Å²) in [7, 11) is 0. The number of aliphatic hydroxyl groups excluding tert-OH is 1. The van der Waals surface area contributed by atoms with Gasteiger partial charge in [-0.25, -0.2) is 0 Å². The van der Waals surface area contributed by atoms with Crippen LogP contribution in [0.3, 0.4) is 0 Å². The number of carbonyl (C=O) groups excluding carboxylic acids is 2. The smallest absolute Gasteiger partial charge is 0.223 e. The summed E-state index contributed by atoms with van der Waals surface area (Å²) in [6.45, 7) is 0.219. The van der Waals surface area contributed by atoms with Crippen molar-refractivity contribution in [1.82, 2.24) is 15.6 Å². The van der Waals surface area contributed by atoms with Crippen molar-refractivity contribution in [2.24, 2.45) is 5.92 Å². The number of nitrogens with one attached hydrogen (secondary N) is 2. The van der Waals surface area contributed by atoms with Gasteiger partial charge in [-0.05, 0) is 30.5 Å². The lowest BCUT2D eigenvalue weighted by Crippen LogP contribution is -2.51. The molecular formula is C19H25N3O4. The molecule has 1 aromatic heterocycles. The lowest BCUT2D eigenvalue weighted by atomic mass is 9.84. The van der Waals surface area contributed by atoms with Crippen molar-refractivity contribution in [2.75, 3.05) is 6.61 Å². The molecule has 3 N–H and O–H groups in total. The van der Waals surface area contributed by atoms with Gasteiger partial charge in [0.2, 0.25) is 11.8 Å². The van der Waals surface area contributed by atoms with Crippen LogP contribution in [0, 0.1) is 5.92 Å². The standard InChI is InChI=1S/C19H25N3O4/c23-12-17-16(22-19(25)14-2-1-3-14)5-4-15(26-17)10-18(24)21-11-13-6-8-20-9-7-13/h4-9,14-17,23H,1-3,10-12H2,(H,21,24)(H,22,25)/t15-,16+,17-/m0/s1. The normalized spacial score (nSPS) is 25.3. The van der Waals surface area contributed by atoms with Crippen LogP contribution in [0.1, 0.15) is 31.2 Å². The average Bonchev–Trinajstić information content (AvgIpc) is 2.60. The highest BCUT2D eigenvalue weighted by Gasteiger charge is 2.32. The Balaban J connectivity index is 1.47. The van der Waals surface area contributed by atoms with Crippen LogP contribution in [0.15, 0.2) is 36.7 Å². The average molecular weight is 359 g/mol. The van der Waals surface area contributed by atoms with E-state index in [0.717, 1.165) is 24.8 Å². The molecule has 3 rings (SSSR count). The molecular weight excluding hydrogens is 334 g/mol. The molecule has 7 heteroatoms. The number of rotatable bonds is 7. The first kappa shape index (κ1) is 18.5. The van der Waals surface area contributed by atoms with Crippen LogP contribution in [-0.2, 0) is 20.9 Å². The number of ether oxygens (including phenoxy) is 1. The summed E-state index contributed by atoms with van der Waals surface area (Å²) in [5, 5.41) is 15.3. The van der Waals surface area contributed by atoms with Crippen molar-refractivity contribution in [1.29, 1.82) is 0 Å². The number of carbonyl (C=O) groups is 2. The Morgan fingerprint density at radius 3 is 2.65 bits per heavy atom. The summed E-state index contributed by atoms with van der Waals surface area (Å²) < 4.78 is 5.78. The molecule has 26 heavy (non-hydrogen) atoms. The van der Waals surface area contributed by atoms with Gasteiger partial charge in [-0.2, -0.15) is 0 Å². The molecule has 0 radical (unpaired) electrons. The van der Waals surface area contributed by atoms with Crippen LogP contribution in [0.2, 0.25) is 0 Å². The zero-order chi connectivity index (χ0) is 18.4. The third kappa shape index (κ3) is 4.89.